The zero-order chi connectivity index (χ0) is 18.6. The Morgan fingerprint density at radius 3 is 2.19 bits per heavy atom. The van der Waals surface area contributed by atoms with E-state index in [0.29, 0.717) is 0 Å². The molecule has 0 aliphatic rings. The van der Waals surface area contributed by atoms with Crippen LogP contribution in [0.1, 0.15) is 88.8 Å². The van der Waals surface area contributed by atoms with Crippen molar-refractivity contribution in [2.24, 2.45) is 0 Å². The van der Waals surface area contributed by atoms with Crippen LogP contribution in [0.3, 0.4) is 0 Å². The van der Waals surface area contributed by atoms with E-state index in [1.165, 1.54) is 68.9 Å². The van der Waals surface area contributed by atoms with Crippen LogP contribution in [0.15, 0.2) is 43.0 Å². The molecule has 27 heavy (non-hydrogen) atoms. The lowest BCUT2D eigenvalue weighted by Gasteiger charge is -2.24. The van der Waals surface area contributed by atoms with Gasteiger partial charge in [-0.15, -0.1) is 24.0 Å². The second kappa shape index (κ2) is 14.2. The second-order valence-corrected chi connectivity index (χ2v) is 7.47. The molecule has 2 rings (SSSR count). The Labute approximate surface area is 182 Å². The molecule has 0 aliphatic heterocycles. The summed E-state index contributed by atoms with van der Waals surface area (Å²) in [5.41, 5.74) is 2.58. The first-order chi connectivity index (χ1) is 12.7. The molecular weight excluding hydrogens is 447 g/mol. The van der Waals surface area contributed by atoms with Crippen LogP contribution in [0.4, 0.5) is 0 Å². The quantitative estimate of drug-likeness (QED) is 0.259. The van der Waals surface area contributed by atoms with Crippen molar-refractivity contribution >= 4 is 24.0 Å². The average Bonchev–Trinajstić information content (AvgIpc) is 3.15. The summed E-state index contributed by atoms with van der Waals surface area (Å²) < 4.78 is 2.01. The number of imidazole rings is 1. The Morgan fingerprint density at radius 2 is 1.59 bits per heavy atom. The van der Waals surface area contributed by atoms with Gasteiger partial charge >= 0.3 is 0 Å². The minimum atomic E-state index is -0.450. The van der Waals surface area contributed by atoms with Crippen molar-refractivity contribution in [2.75, 3.05) is 0 Å². The molecular formula is C23H37IN2O. The van der Waals surface area contributed by atoms with Crippen molar-refractivity contribution < 1.29 is 5.11 Å². The summed E-state index contributed by atoms with van der Waals surface area (Å²) >= 11 is 0. The van der Waals surface area contributed by atoms with Crippen LogP contribution in [0, 0.1) is 0 Å². The Morgan fingerprint density at radius 1 is 0.963 bits per heavy atom. The van der Waals surface area contributed by atoms with E-state index in [-0.39, 0.29) is 30.0 Å². The number of aliphatic hydroxyl groups excluding tert-OH is 1. The second-order valence-electron chi connectivity index (χ2n) is 7.47. The highest BCUT2D eigenvalue weighted by Gasteiger charge is 2.21. The Hall–Kier alpha value is -0.880. The average molecular weight is 484 g/mol. The first-order valence-corrected chi connectivity index (χ1v) is 10.5. The van der Waals surface area contributed by atoms with E-state index in [0.717, 1.165) is 6.42 Å². The van der Waals surface area contributed by atoms with Gasteiger partial charge in [-0.1, -0.05) is 82.6 Å². The molecule has 152 valence electrons. The molecule has 0 aliphatic carbocycles. The number of benzene rings is 1. The summed E-state index contributed by atoms with van der Waals surface area (Å²) in [7, 11) is 0. The van der Waals surface area contributed by atoms with Crippen LogP contribution in [0.25, 0.3) is 0 Å². The largest absolute Gasteiger partial charge is 0.391 e. The Kier molecular flexibility index (Phi) is 12.7. The van der Waals surface area contributed by atoms with Gasteiger partial charge in [0.05, 0.1) is 18.5 Å². The monoisotopic (exact) mass is 484 g/mol. The van der Waals surface area contributed by atoms with Crippen LogP contribution < -0.4 is 0 Å². The molecule has 0 saturated heterocycles. The van der Waals surface area contributed by atoms with Crippen LogP contribution in [-0.2, 0) is 6.42 Å². The number of aryl methyl sites for hydroxylation is 1. The van der Waals surface area contributed by atoms with Crippen LogP contribution in [0.5, 0.6) is 0 Å². The van der Waals surface area contributed by atoms with E-state index < -0.39 is 6.10 Å². The molecule has 2 aromatic rings. The molecule has 1 aromatic carbocycles. The Balaban J connectivity index is 0.00000364. The number of halogens is 1. The van der Waals surface area contributed by atoms with E-state index in [4.69, 9.17) is 0 Å². The van der Waals surface area contributed by atoms with Crippen molar-refractivity contribution in [1.82, 2.24) is 9.55 Å². The predicted octanol–water partition coefficient (Wildman–Crippen LogP) is 6.54. The number of hydrogen-bond donors (Lipinski definition) is 1. The van der Waals surface area contributed by atoms with Crippen LogP contribution >= 0.6 is 24.0 Å². The van der Waals surface area contributed by atoms with Crippen LogP contribution in [-0.4, -0.2) is 20.8 Å². The van der Waals surface area contributed by atoms with E-state index in [1.54, 1.807) is 12.5 Å². The lowest BCUT2D eigenvalue weighted by molar-refractivity contribution is 0.148. The molecule has 0 amide bonds. The third-order valence-corrected chi connectivity index (χ3v) is 5.23. The van der Waals surface area contributed by atoms with Gasteiger partial charge in [-0.3, -0.25) is 0 Å². The highest BCUT2D eigenvalue weighted by atomic mass is 127. The standard InChI is InChI=1S/C23H36N2O.HI/c1-3-4-5-6-7-8-9-10-11-14-21-15-12-13-16-22(21)23(20(2)26)25-18-17-24-19-25;/h12-13,15-20,23,26H,3-11,14H2,1-2H3;1H. The van der Waals surface area contributed by atoms with Crippen molar-refractivity contribution in [3.63, 3.8) is 0 Å². The molecule has 1 heterocycles. The topological polar surface area (TPSA) is 38.0 Å². The van der Waals surface area contributed by atoms with Gasteiger partial charge in [0.25, 0.3) is 0 Å². The molecule has 0 saturated carbocycles. The van der Waals surface area contributed by atoms with Gasteiger partial charge in [0.15, 0.2) is 0 Å². The molecule has 1 aromatic heterocycles. The summed E-state index contributed by atoms with van der Waals surface area (Å²) in [4.78, 5) is 4.15. The van der Waals surface area contributed by atoms with Crippen molar-refractivity contribution in [3.05, 3.63) is 54.1 Å². The maximum Gasteiger partial charge on any atom is 0.0952 e. The van der Waals surface area contributed by atoms with E-state index in [2.05, 4.69) is 36.2 Å². The van der Waals surface area contributed by atoms with Crippen molar-refractivity contribution in [3.8, 4) is 0 Å². The van der Waals surface area contributed by atoms with Gasteiger partial charge < -0.3 is 9.67 Å². The van der Waals surface area contributed by atoms with Gasteiger partial charge in [-0.25, -0.2) is 4.98 Å². The lowest BCUT2D eigenvalue weighted by atomic mass is 9.93. The highest BCUT2D eigenvalue weighted by Crippen LogP contribution is 2.26. The van der Waals surface area contributed by atoms with Gasteiger partial charge in [0.2, 0.25) is 0 Å². The van der Waals surface area contributed by atoms with Gasteiger partial charge in [0, 0.05) is 12.4 Å². The molecule has 0 bridgehead atoms. The zero-order valence-corrected chi connectivity index (χ0v) is 19.3. The molecule has 4 heteroatoms. The fraction of sp³-hybridized carbons (Fsp3) is 0.609. The van der Waals surface area contributed by atoms with Gasteiger partial charge in [-0.05, 0) is 30.9 Å². The maximum atomic E-state index is 10.3. The molecule has 2 unspecified atom stereocenters. The first kappa shape index (κ1) is 24.2. The van der Waals surface area contributed by atoms with Crippen LogP contribution in [0.2, 0.25) is 0 Å². The zero-order valence-electron chi connectivity index (χ0n) is 17.0. The third-order valence-electron chi connectivity index (χ3n) is 5.23. The molecule has 0 spiro atoms. The third kappa shape index (κ3) is 8.34. The fourth-order valence-electron chi connectivity index (χ4n) is 3.78. The summed E-state index contributed by atoms with van der Waals surface area (Å²) in [5.74, 6) is 0. The van der Waals surface area contributed by atoms with Gasteiger partial charge in [-0.2, -0.15) is 0 Å². The van der Waals surface area contributed by atoms with E-state index >= 15 is 0 Å². The van der Waals surface area contributed by atoms with Crippen molar-refractivity contribution in [1.29, 1.82) is 0 Å². The summed E-state index contributed by atoms with van der Waals surface area (Å²) in [6, 6.07) is 8.49. The maximum absolute atomic E-state index is 10.3. The number of unbranched alkanes of at least 4 members (excludes halogenated alkanes) is 8. The molecule has 3 nitrogen and oxygen atoms in total. The summed E-state index contributed by atoms with van der Waals surface area (Å²) in [5, 5.41) is 10.3. The smallest absolute Gasteiger partial charge is 0.0952 e. The van der Waals surface area contributed by atoms with Gasteiger partial charge in [0.1, 0.15) is 0 Å². The first-order valence-electron chi connectivity index (χ1n) is 10.5. The highest BCUT2D eigenvalue weighted by molar-refractivity contribution is 14.0. The molecule has 1 N–H and O–H groups in total. The number of nitrogens with zero attached hydrogens (tertiary/aromatic N) is 2. The fourth-order valence-corrected chi connectivity index (χ4v) is 3.78. The molecule has 2 atom stereocenters. The number of aliphatic hydroxyl groups is 1. The Bertz CT molecular complexity index is 598. The van der Waals surface area contributed by atoms with Crippen molar-refractivity contribution in [2.45, 2.75) is 90.2 Å². The molecule has 0 fully saturated rings. The number of hydrogen-bond acceptors (Lipinski definition) is 2. The summed E-state index contributed by atoms with van der Waals surface area (Å²) in [6.45, 7) is 4.13. The normalized spacial score (nSPS) is 13.1. The minimum absolute atomic E-state index is 0. The number of rotatable bonds is 13. The SMILES string of the molecule is CCCCCCCCCCCc1ccccc1C(C(C)O)n1ccnc1.I. The van der Waals surface area contributed by atoms with E-state index in [9.17, 15) is 5.11 Å². The minimum Gasteiger partial charge on any atom is -0.391 e. The summed E-state index contributed by atoms with van der Waals surface area (Å²) in [6.07, 6.45) is 18.3. The molecule has 0 radical (unpaired) electrons. The predicted molar refractivity (Wildman–Crippen MR) is 125 cm³/mol. The number of aromatic nitrogens is 2. The lowest BCUT2D eigenvalue weighted by Crippen LogP contribution is -2.23. The van der Waals surface area contributed by atoms with E-state index in [1.807, 2.05) is 17.7 Å².